The molecule has 27 heavy (non-hydrogen) atoms. The molecule has 0 atom stereocenters. The van der Waals surface area contributed by atoms with Gasteiger partial charge in [0.05, 0.1) is 14.2 Å². The Morgan fingerprint density at radius 2 is 1.67 bits per heavy atom. The molecule has 1 N–H and O–H groups in total. The second kappa shape index (κ2) is 9.16. The first-order valence-electron chi connectivity index (χ1n) is 9.25. The molecule has 6 heteroatoms. The van der Waals surface area contributed by atoms with E-state index in [2.05, 4.69) is 22.3 Å². The Labute approximate surface area is 160 Å². The van der Waals surface area contributed by atoms with Gasteiger partial charge < -0.3 is 24.6 Å². The van der Waals surface area contributed by atoms with Crippen LogP contribution < -0.4 is 19.7 Å². The normalized spacial score (nSPS) is 14.0. The SMILES string of the molecule is COc1ccc(CCNC(=O)N2CCN(c3ccccc3)CC2)cc1OC. The molecule has 0 saturated carbocycles. The molecule has 2 amide bonds. The highest BCUT2D eigenvalue weighted by Crippen LogP contribution is 2.27. The number of carbonyl (C=O) groups excluding carboxylic acids is 1. The van der Waals surface area contributed by atoms with Crippen molar-refractivity contribution in [2.24, 2.45) is 0 Å². The van der Waals surface area contributed by atoms with Crippen LogP contribution in [0, 0.1) is 0 Å². The molecule has 6 nitrogen and oxygen atoms in total. The first-order valence-corrected chi connectivity index (χ1v) is 9.25. The van der Waals surface area contributed by atoms with Gasteiger partial charge in [0.1, 0.15) is 0 Å². The highest BCUT2D eigenvalue weighted by Gasteiger charge is 2.20. The Balaban J connectivity index is 1.44. The summed E-state index contributed by atoms with van der Waals surface area (Å²) in [7, 11) is 3.24. The lowest BCUT2D eigenvalue weighted by Crippen LogP contribution is -2.52. The van der Waals surface area contributed by atoms with Gasteiger partial charge in [0, 0.05) is 38.4 Å². The number of para-hydroxylation sites is 1. The maximum Gasteiger partial charge on any atom is 0.317 e. The van der Waals surface area contributed by atoms with Gasteiger partial charge in [-0.2, -0.15) is 0 Å². The zero-order valence-electron chi connectivity index (χ0n) is 16.0. The van der Waals surface area contributed by atoms with Gasteiger partial charge in [-0.15, -0.1) is 0 Å². The largest absolute Gasteiger partial charge is 0.493 e. The molecule has 1 aliphatic heterocycles. The monoisotopic (exact) mass is 369 g/mol. The number of hydrogen-bond donors (Lipinski definition) is 1. The van der Waals surface area contributed by atoms with Crippen LogP contribution in [0.2, 0.25) is 0 Å². The Kier molecular flexibility index (Phi) is 6.41. The number of anilines is 1. The van der Waals surface area contributed by atoms with Crippen LogP contribution in [0.3, 0.4) is 0 Å². The minimum atomic E-state index is 0.00295. The van der Waals surface area contributed by atoms with Crippen molar-refractivity contribution in [1.29, 1.82) is 0 Å². The van der Waals surface area contributed by atoms with Crippen molar-refractivity contribution < 1.29 is 14.3 Å². The molecule has 3 rings (SSSR count). The second-order valence-corrected chi connectivity index (χ2v) is 6.48. The van der Waals surface area contributed by atoms with Crippen LogP contribution in [-0.2, 0) is 6.42 Å². The Hall–Kier alpha value is -2.89. The van der Waals surface area contributed by atoms with Crippen molar-refractivity contribution in [2.45, 2.75) is 6.42 Å². The van der Waals surface area contributed by atoms with E-state index < -0.39 is 0 Å². The fraction of sp³-hybridized carbons (Fsp3) is 0.381. The molecule has 0 aliphatic carbocycles. The summed E-state index contributed by atoms with van der Waals surface area (Å²) >= 11 is 0. The van der Waals surface area contributed by atoms with Crippen LogP contribution in [0.15, 0.2) is 48.5 Å². The van der Waals surface area contributed by atoms with Crippen molar-refractivity contribution in [1.82, 2.24) is 10.2 Å². The number of benzene rings is 2. The molecular weight excluding hydrogens is 342 g/mol. The van der Waals surface area contributed by atoms with Gasteiger partial charge in [-0.1, -0.05) is 24.3 Å². The van der Waals surface area contributed by atoms with Gasteiger partial charge >= 0.3 is 6.03 Å². The van der Waals surface area contributed by atoms with Crippen molar-refractivity contribution in [3.8, 4) is 11.5 Å². The van der Waals surface area contributed by atoms with Gasteiger partial charge in [0.2, 0.25) is 0 Å². The van der Waals surface area contributed by atoms with E-state index in [1.165, 1.54) is 5.69 Å². The van der Waals surface area contributed by atoms with E-state index in [1.54, 1.807) is 14.2 Å². The van der Waals surface area contributed by atoms with Gasteiger partial charge in [0.25, 0.3) is 0 Å². The van der Waals surface area contributed by atoms with E-state index in [9.17, 15) is 4.79 Å². The number of rotatable bonds is 6. The summed E-state index contributed by atoms with van der Waals surface area (Å²) in [6.07, 6.45) is 0.746. The Morgan fingerprint density at radius 1 is 0.963 bits per heavy atom. The lowest BCUT2D eigenvalue weighted by atomic mass is 10.1. The van der Waals surface area contributed by atoms with E-state index in [1.807, 2.05) is 41.3 Å². The third-order valence-corrected chi connectivity index (χ3v) is 4.83. The second-order valence-electron chi connectivity index (χ2n) is 6.48. The molecule has 0 radical (unpaired) electrons. The van der Waals surface area contributed by atoms with Crippen LogP contribution in [0.1, 0.15) is 5.56 Å². The Morgan fingerprint density at radius 3 is 2.33 bits per heavy atom. The number of nitrogens with zero attached hydrogens (tertiary/aromatic N) is 2. The third-order valence-electron chi connectivity index (χ3n) is 4.83. The van der Waals surface area contributed by atoms with Crippen LogP contribution in [0.25, 0.3) is 0 Å². The molecule has 0 bridgehead atoms. The molecule has 0 unspecified atom stereocenters. The predicted octanol–water partition coefficient (Wildman–Crippen LogP) is 2.78. The molecule has 1 saturated heterocycles. The summed E-state index contributed by atoms with van der Waals surface area (Å²) in [6.45, 7) is 3.77. The summed E-state index contributed by atoms with van der Waals surface area (Å²) in [4.78, 5) is 16.6. The third kappa shape index (κ3) is 4.84. The first kappa shape index (κ1) is 18.9. The summed E-state index contributed by atoms with van der Waals surface area (Å²) in [6, 6.07) is 16.2. The maximum absolute atomic E-state index is 12.4. The molecular formula is C21H27N3O3. The van der Waals surface area contributed by atoms with Crippen molar-refractivity contribution in [2.75, 3.05) is 51.8 Å². The average molecular weight is 369 g/mol. The summed E-state index contributed by atoms with van der Waals surface area (Å²) < 4.78 is 10.6. The maximum atomic E-state index is 12.4. The van der Waals surface area contributed by atoms with E-state index in [-0.39, 0.29) is 6.03 Å². The summed E-state index contributed by atoms with van der Waals surface area (Å²) in [5.74, 6) is 1.42. The molecule has 1 fully saturated rings. The number of hydrogen-bond acceptors (Lipinski definition) is 4. The van der Waals surface area contributed by atoms with Crippen LogP contribution in [-0.4, -0.2) is 57.9 Å². The number of piperazine rings is 1. The number of amides is 2. The zero-order valence-corrected chi connectivity index (χ0v) is 16.0. The molecule has 2 aromatic carbocycles. The summed E-state index contributed by atoms with van der Waals surface area (Å²) in [5, 5.41) is 3.02. The zero-order chi connectivity index (χ0) is 19.1. The van der Waals surface area contributed by atoms with Crippen LogP contribution >= 0.6 is 0 Å². The molecule has 1 aliphatic rings. The number of methoxy groups -OCH3 is 2. The molecule has 0 aromatic heterocycles. The van der Waals surface area contributed by atoms with Crippen LogP contribution in [0.5, 0.6) is 11.5 Å². The van der Waals surface area contributed by atoms with Gasteiger partial charge in [0.15, 0.2) is 11.5 Å². The van der Waals surface area contributed by atoms with Gasteiger partial charge in [-0.05, 0) is 36.2 Å². The highest BCUT2D eigenvalue weighted by atomic mass is 16.5. The number of urea groups is 1. The smallest absolute Gasteiger partial charge is 0.317 e. The fourth-order valence-electron chi connectivity index (χ4n) is 3.27. The number of ether oxygens (including phenoxy) is 2. The van der Waals surface area contributed by atoms with E-state index >= 15 is 0 Å². The number of carbonyl (C=O) groups is 1. The molecule has 2 aromatic rings. The fourth-order valence-corrected chi connectivity index (χ4v) is 3.27. The summed E-state index contributed by atoms with van der Waals surface area (Å²) in [5.41, 5.74) is 2.31. The minimum absolute atomic E-state index is 0.00295. The minimum Gasteiger partial charge on any atom is -0.493 e. The van der Waals surface area contributed by atoms with Crippen molar-refractivity contribution in [3.63, 3.8) is 0 Å². The highest BCUT2D eigenvalue weighted by molar-refractivity contribution is 5.74. The lowest BCUT2D eigenvalue weighted by Gasteiger charge is -2.36. The quantitative estimate of drug-likeness (QED) is 0.851. The predicted molar refractivity (Wildman–Crippen MR) is 107 cm³/mol. The van der Waals surface area contributed by atoms with Crippen LogP contribution in [0.4, 0.5) is 10.5 Å². The van der Waals surface area contributed by atoms with Gasteiger partial charge in [-0.3, -0.25) is 0 Å². The van der Waals surface area contributed by atoms with Crippen molar-refractivity contribution >= 4 is 11.7 Å². The lowest BCUT2D eigenvalue weighted by molar-refractivity contribution is 0.194. The first-order chi connectivity index (χ1) is 13.2. The van der Waals surface area contributed by atoms with Gasteiger partial charge in [-0.25, -0.2) is 4.79 Å². The van der Waals surface area contributed by atoms with E-state index in [0.29, 0.717) is 18.0 Å². The Bertz CT molecular complexity index is 744. The topological polar surface area (TPSA) is 54.0 Å². The number of nitrogens with one attached hydrogen (secondary N) is 1. The molecule has 0 spiro atoms. The van der Waals surface area contributed by atoms with E-state index in [0.717, 1.165) is 38.2 Å². The van der Waals surface area contributed by atoms with Crippen molar-refractivity contribution in [3.05, 3.63) is 54.1 Å². The average Bonchev–Trinajstić information content (AvgIpc) is 2.74. The molecule has 144 valence electrons. The standard InChI is InChI=1S/C21H27N3O3/c1-26-19-9-8-17(16-20(19)27-2)10-11-22-21(25)24-14-12-23(13-15-24)18-6-4-3-5-7-18/h3-9,16H,10-15H2,1-2H3,(H,22,25). The molecule has 1 heterocycles. The van der Waals surface area contributed by atoms with E-state index in [4.69, 9.17) is 9.47 Å².